The number of nitrogens with zero attached hydrogens (tertiary/aromatic N) is 5. The fourth-order valence-corrected chi connectivity index (χ4v) is 2.96. The molecule has 3 heterocycles. The number of carbonyl (C=O) groups is 1. The van der Waals surface area contributed by atoms with Gasteiger partial charge in [0.15, 0.2) is 5.82 Å². The maximum atomic E-state index is 12.6. The van der Waals surface area contributed by atoms with Crippen LogP contribution < -0.4 is 0 Å². The highest BCUT2D eigenvalue weighted by atomic mass is 16.2. The van der Waals surface area contributed by atoms with Crippen LogP contribution in [0.1, 0.15) is 10.5 Å². The highest BCUT2D eigenvalue weighted by Crippen LogP contribution is 2.20. The Kier molecular flexibility index (Phi) is 4.45. The van der Waals surface area contributed by atoms with Gasteiger partial charge in [-0.25, -0.2) is 9.97 Å². The maximum Gasteiger partial charge on any atom is 0.271 e. The van der Waals surface area contributed by atoms with E-state index in [1.54, 1.807) is 18.5 Å². The van der Waals surface area contributed by atoms with Gasteiger partial charge in [-0.2, -0.15) is 5.10 Å². The van der Waals surface area contributed by atoms with Crippen molar-refractivity contribution in [3.63, 3.8) is 0 Å². The summed E-state index contributed by atoms with van der Waals surface area (Å²) in [6.07, 6.45) is 3.46. The molecule has 1 aromatic carbocycles. The zero-order chi connectivity index (χ0) is 17.9. The minimum atomic E-state index is -0.0151. The number of rotatable bonds is 3. The van der Waals surface area contributed by atoms with Gasteiger partial charge >= 0.3 is 0 Å². The van der Waals surface area contributed by atoms with Gasteiger partial charge in [0.05, 0.1) is 5.69 Å². The van der Waals surface area contributed by atoms with Crippen molar-refractivity contribution >= 4 is 5.91 Å². The van der Waals surface area contributed by atoms with E-state index in [-0.39, 0.29) is 5.91 Å². The van der Waals surface area contributed by atoms with E-state index in [2.05, 4.69) is 32.1 Å². The Hall–Kier alpha value is -3.06. The van der Waals surface area contributed by atoms with Crippen molar-refractivity contribution in [1.29, 1.82) is 0 Å². The molecule has 26 heavy (non-hydrogen) atoms. The molecule has 0 saturated carbocycles. The molecule has 1 saturated heterocycles. The van der Waals surface area contributed by atoms with Crippen LogP contribution in [-0.2, 0) is 0 Å². The molecule has 1 N–H and O–H groups in total. The van der Waals surface area contributed by atoms with Crippen LogP contribution in [-0.4, -0.2) is 69.1 Å². The van der Waals surface area contributed by atoms with E-state index in [0.717, 1.165) is 37.3 Å². The molecule has 1 amide bonds. The average Bonchev–Trinajstić information content (AvgIpc) is 3.19. The van der Waals surface area contributed by atoms with Crippen LogP contribution >= 0.6 is 0 Å². The lowest BCUT2D eigenvalue weighted by Crippen LogP contribution is -2.47. The quantitative estimate of drug-likeness (QED) is 0.782. The largest absolute Gasteiger partial charge is 0.335 e. The summed E-state index contributed by atoms with van der Waals surface area (Å²) in [6.45, 7) is 3.25. The molecule has 1 fully saturated rings. The fraction of sp³-hybridized carbons (Fsp3) is 0.263. The van der Waals surface area contributed by atoms with Gasteiger partial charge in [-0.05, 0) is 13.1 Å². The number of benzene rings is 1. The van der Waals surface area contributed by atoms with E-state index in [0.29, 0.717) is 17.2 Å². The van der Waals surface area contributed by atoms with Crippen LogP contribution in [0.15, 0.2) is 48.8 Å². The summed E-state index contributed by atoms with van der Waals surface area (Å²) in [5.74, 6) is 0.650. The van der Waals surface area contributed by atoms with E-state index in [1.807, 2.05) is 35.2 Å². The first-order chi connectivity index (χ1) is 12.7. The Morgan fingerprint density at radius 1 is 1.00 bits per heavy atom. The molecule has 0 spiro atoms. The van der Waals surface area contributed by atoms with Gasteiger partial charge < -0.3 is 9.80 Å². The predicted octanol–water partition coefficient (Wildman–Crippen LogP) is 1.92. The van der Waals surface area contributed by atoms with E-state index in [4.69, 9.17) is 0 Å². The second-order valence-corrected chi connectivity index (χ2v) is 6.42. The summed E-state index contributed by atoms with van der Waals surface area (Å²) in [7, 11) is 2.06. The molecule has 0 bridgehead atoms. The van der Waals surface area contributed by atoms with Crippen LogP contribution in [0.5, 0.6) is 0 Å². The summed E-state index contributed by atoms with van der Waals surface area (Å²) in [4.78, 5) is 25.5. The number of H-pyrrole nitrogens is 1. The highest BCUT2D eigenvalue weighted by molar-refractivity contribution is 5.93. The first-order valence-electron chi connectivity index (χ1n) is 8.62. The molecule has 3 aromatic rings. The average molecular weight is 348 g/mol. The van der Waals surface area contributed by atoms with Crippen molar-refractivity contribution in [2.24, 2.45) is 0 Å². The smallest absolute Gasteiger partial charge is 0.271 e. The Bertz CT molecular complexity index is 882. The molecule has 4 rings (SSSR count). The minimum absolute atomic E-state index is 0.0151. The maximum absolute atomic E-state index is 12.6. The number of hydrogen-bond donors (Lipinski definition) is 1. The number of aromatic nitrogens is 4. The number of carbonyl (C=O) groups excluding carboxylic acids is 1. The van der Waals surface area contributed by atoms with Crippen LogP contribution in [0, 0.1) is 0 Å². The highest BCUT2D eigenvalue weighted by Gasteiger charge is 2.22. The van der Waals surface area contributed by atoms with Crippen LogP contribution in [0.3, 0.4) is 0 Å². The zero-order valence-electron chi connectivity index (χ0n) is 14.6. The Morgan fingerprint density at radius 3 is 2.38 bits per heavy atom. The minimum Gasteiger partial charge on any atom is -0.335 e. The van der Waals surface area contributed by atoms with Crippen molar-refractivity contribution in [3.8, 4) is 22.6 Å². The van der Waals surface area contributed by atoms with Crippen molar-refractivity contribution in [1.82, 2.24) is 30.0 Å². The number of amides is 1. The van der Waals surface area contributed by atoms with Crippen molar-refractivity contribution in [2.75, 3.05) is 33.2 Å². The van der Waals surface area contributed by atoms with Crippen LogP contribution in [0.4, 0.5) is 0 Å². The fourth-order valence-electron chi connectivity index (χ4n) is 2.96. The standard InChI is InChI=1S/C19H20N6O/c1-24-7-9-25(10-8-24)19(26)17-11-16(22-23-17)15-12-20-18(21-13-15)14-5-3-2-4-6-14/h2-6,11-13H,7-10H2,1H3,(H,22,23). The molecular formula is C19H20N6O. The molecule has 2 aromatic heterocycles. The van der Waals surface area contributed by atoms with Crippen LogP contribution in [0.25, 0.3) is 22.6 Å². The Labute approximate surface area is 151 Å². The SMILES string of the molecule is CN1CCN(C(=O)c2cc(-c3cnc(-c4ccccc4)nc3)n[nH]2)CC1. The monoisotopic (exact) mass is 348 g/mol. The van der Waals surface area contributed by atoms with Gasteiger partial charge in [0, 0.05) is 49.7 Å². The summed E-state index contributed by atoms with van der Waals surface area (Å²) in [5.41, 5.74) is 2.91. The molecule has 7 heteroatoms. The molecule has 0 unspecified atom stereocenters. The Balaban J connectivity index is 1.50. The molecule has 7 nitrogen and oxygen atoms in total. The molecule has 1 aliphatic heterocycles. The lowest BCUT2D eigenvalue weighted by Gasteiger charge is -2.31. The van der Waals surface area contributed by atoms with E-state index in [1.165, 1.54) is 0 Å². The van der Waals surface area contributed by atoms with Crippen molar-refractivity contribution < 1.29 is 4.79 Å². The molecule has 1 aliphatic rings. The summed E-state index contributed by atoms with van der Waals surface area (Å²) in [5, 5.41) is 7.11. The molecule has 0 aliphatic carbocycles. The lowest BCUT2D eigenvalue weighted by molar-refractivity contribution is 0.0658. The lowest BCUT2D eigenvalue weighted by atomic mass is 10.2. The van der Waals surface area contributed by atoms with Gasteiger partial charge in [0.25, 0.3) is 5.91 Å². The first kappa shape index (κ1) is 16.4. The number of hydrogen-bond acceptors (Lipinski definition) is 5. The van der Waals surface area contributed by atoms with Crippen molar-refractivity contribution in [3.05, 3.63) is 54.5 Å². The number of piperazine rings is 1. The zero-order valence-corrected chi connectivity index (χ0v) is 14.6. The van der Waals surface area contributed by atoms with Gasteiger partial charge in [-0.1, -0.05) is 30.3 Å². The topological polar surface area (TPSA) is 78.0 Å². The first-order valence-corrected chi connectivity index (χ1v) is 8.62. The van der Waals surface area contributed by atoms with Gasteiger partial charge in [0.1, 0.15) is 5.69 Å². The van der Waals surface area contributed by atoms with Gasteiger partial charge in [-0.3, -0.25) is 9.89 Å². The second-order valence-electron chi connectivity index (χ2n) is 6.42. The third kappa shape index (κ3) is 3.34. The Morgan fingerprint density at radius 2 is 1.69 bits per heavy atom. The summed E-state index contributed by atoms with van der Waals surface area (Å²) in [6, 6.07) is 11.6. The third-order valence-electron chi connectivity index (χ3n) is 4.58. The number of nitrogens with one attached hydrogen (secondary N) is 1. The van der Waals surface area contributed by atoms with E-state index < -0.39 is 0 Å². The van der Waals surface area contributed by atoms with Gasteiger partial charge in [-0.15, -0.1) is 0 Å². The summed E-state index contributed by atoms with van der Waals surface area (Å²) < 4.78 is 0. The van der Waals surface area contributed by atoms with E-state index in [9.17, 15) is 4.79 Å². The molecule has 0 radical (unpaired) electrons. The van der Waals surface area contributed by atoms with Crippen LogP contribution in [0.2, 0.25) is 0 Å². The second kappa shape index (κ2) is 7.05. The molecular weight excluding hydrogens is 328 g/mol. The van der Waals surface area contributed by atoms with Crippen molar-refractivity contribution in [2.45, 2.75) is 0 Å². The molecule has 132 valence electrons. The normalized spacial score (nSPS) is 15.2. The third-order valence-corrected chi connectivity index (χ3v) is 4.58. The summed E-state index contributed by atoms with van der Waals surface area (Å²) >= 11 is 0. The van der Waals surface area contributed by atoms with Gasteiger partial charge in [0.2, 0.25) is 0 Å². The number of likely N-dealkylation sites (N-methyl/N-ethyl adjacent to an activating group) is 1. The predicted molar refractivity (Wildman–Crippen MR) is 98.5 cm³/mol. The molecule has 0 atom stereocenters. The number of aromatic amines is 1. The van der Waals surface area contributed by atoms with E-state index >= 15 is 0 Å².